The number of aromatic nitrogens is 1. The van der Waals surface area contributed by atoms with Crippen molar-refractivity contribution in [2.24, 2.45) is 0 Å². The van der Waals surface area contributed by atoms with Gasteiger partial charge in [0.05, 0.1) is 22.5 Å². The summed E-state index contributed by atoms with van der Waals surface area (Å²) in [5, 5.41) is 2.63. The van der Waals surface area contributed by atoms with E-state index in [9.17, 15) is 0 Å². The van der Waals surface area contributed by atoms with E-state index in [0.717, 1.165) is 39.6 Å². The van der Waals surface area contributed by atoms with E-state index in [-0.39, 0.29) is 0 Å². The monoisotopic (exact) mass is 742 g/mol. The van der Waals surface area contributed by atoms with Crippen molar-refractivity contribution >= 4 is 48.7 Å². The number of anilines is 3. The third kappa shape index (κ3) is 4.67. The molecule has 0 saturated heterocycles. The van der Waals surface area contributed by atoms with Crippen LogP contribution in [0.2, 0.25) is 0 Å². The number of hydrogen-bond acceptors (Lipinski definition) is 3. The highest BCUT2D eigenvalue weighted by Gasteiger charge is 2.52. The van der Waals surface area contributed by atoms with Gasteiger partial charge in [0.1, 0.15) is 5.82 Å². The van der Waals surface area contributed by atoms with Gasteiger partial charge in [0.2, 0.25) is 0 Å². The summed E-state index contributed by atoms with van der Waals surface area (Å²) in [4.78, 5) is 7.88. The second kappa shape index (κ2) is 12.5. The lowest BCUT2D eigenvalue weighted by Gasteiger charge is -2.44. The molecule has 0 saturated carbocycles. The summed E-state index contributed by atoms with van der Waals surface area (Å²) in [6.45, 7) is 0. The predicted molar refractivity (Wildman–Crippen MR) is 239 cm³/mol. The Bertz CT molecular complexity index is 3090. The molecule has 8 aromatic carbocycles. The normalized spacial score (nSPS) is 13.4. The fourth-order valence-electron chi connectivity index (χ4n) is 9.68. The Balaban J connectivity index is 1.13. The van der Waals surface area contributed by atoms with Crippen LogP contribution in [0.3, 0.4) is 0 Å². The van der Waals surface area contributed by atoms with Crippen molar-refractivity contribution in [3.8, 4) is 44.6 Å². The molecule has 12 rings (SSSR count). The van der Waals surface area contributed by atoms with E-state index >= 15 is 0 Å². The number of pyridine rings is 1. The molecular formula is C54H34N2S. The van der Waals surface area contributed by atoms with Gasteiger partial charge in [-0.25, -0.2) is 4.98 Å². The van der Waals surface area contributed by atoms with E-state index in [1.807, 2.05) is 11.3 Å². The lowest BCUT2D eigenvalue weighted by Crippen LogP contribution is -2.36. The SMILES string of the molecule is c1ccc(-c2cc(-c3ccccc3)nc(N3c4ccccc4C4(c5ccccc5-c5ccc(-c6cccc7c6sc6ccccc67)cc54)c4ccccc43)c2)cc1. The van der Waals surface area contributed by atoms with Crippen LogP contribution < -0.4 is 4.90 Å². The van der Waals surface area contributed by atoms with Crippen LogP contribution in [0, 0.1) is 0 Å². The summed E-state index contributed by atoms with van der Waals surface area (Å²) in [6, 6.07) is 75.6. The minimum Gasteiger partial charge on any atom is -0.294 e. The van der Waals surface area contributed by atoms with Gasteiger partial charge in [0.25, 0.3) is 0 Å². The first-order valence-electron chi connectivity index (χ1n) is 19.5. The third-order valence-corrected chi connectivity index (χ3v) is 13.3. The van der Waals surface area contributed by atoms with Gasteiger partial charge in [0.15, 0.2) is 0 Å². The van der Waals surface area contributed by atoms with Gasteiger partial charge < -0.3 is 0 Å². The van der Waals surface area contributed by atoms with Crippen LogP contribution in [-0.4, -0.2) is 4.98 Å². The van der Waals surface area contributed by atoms with E-state index in [4.69, 9.17) is 4.98 Å². The maximum absolute atomic E-state index is 5.48. The van der Waals surface area contributed by atoms with Gasteiger partial charge in [-0.05, 0) is 92.0 Å². The number of hydrogen-bond donors (Lipinski definition) is 0. The highest BCUT2D eigenvalue weighted by atomic mass is 32.1. The topological polar surface area (TPSA) is 16.1 Å². The van der Waals surface area contributed by atoms with Crippen LogP contribution in [0.4, 0.5) is 17.2 Å². The Labute approximate surface area is 335 Å². The molecule has 2 nitrogen and oxygen atoms in total. The number of benzene rings is 8. The second-order valence-corrected chi connectivity index (χ2v) is 16.1. The highest BCUT2D eigenvalue weighted by molar-refractivity contribution is 7.26. The van der Waals surface area contributed by atoms with Gasteiger partial charge in [-0.1, -0.05) is 170 Å². The average molecular weight is 743 g/mol. The molecule has 57 heavy (non-hydrogen) atoms. The fraction of sp³-hybridized carbons (Fsp3) is 0.0185. The Kier molecular flexibility index (Phi) is 7.05. The molecule has 0 fully saturated rings. The Morgan fingerprint density at radius 2 is 0.982 bits per heavy atom. The Morgan fingerprint density at radius 1 is 0.386 bits per heavy atom. The molecule has 1 aliphatic heterocycles. The van der Waals surface area contributed by atoms with Gasteiger partial charge in [-0.15, -0.1) is 11.3 Å². The zero-order valence-electron chi connectivity index (χ0n) is 30.9. The van der Waals surface area contributed by atoms with Crippen LogP contribution >= 0.6 is 11.3 Å². The summed E-state index contributed by atoms with van der Waals surface area (Å²) in [5.74, 6) is 0.890. The maximum atomic E-state index is 5.48. The van der Waals surface area contributed by atoms with E-state index < -0.39 is 5.41 Å². The van der Waals surface area contributed by atoms with Crippen molar-refractivity contribution in [3.63, 3.8) is 0 Å². The standard InChI is InChI=1S/C54H34N2S/c1-3-16-35(17-4-1)38-33-48(36-18-5-2-6-19-36)55-52(34-38)56-49-27-12-10-25-45(49)54(46-26-11-13-28-50(46)56)44-24-9-7-20-40(44)41-31-30-37(32-47(41)54)39-22-15-23-43-42-21-8-14-29-51(42)57-53(39)43/h1-34H. The molecule has 10 aromatic rings. The second-order valence-electron chi connectivity index (χ2n) is 15.0. The van der Waals surface area contributed by atoms with Crippen molar-refractivity contribution in [2.75, 3.05) is 4.90 Å². The first kappa shape index (κ1) is 32.2. The fourth-order valence-corrected chi connectivity index (χ4v) is 10.9. The molecule has 266 valence electrons. The van der Waals surface area contributed by atoms with Gasteiger partial charge in [0, 0.05) is 25.7 Å². The molecule has 0 bridgehead atoms. The summed E-state index contributed by atoms with van der Waals surface area (Å²) >= 11 is 1.89. The van der Waals surface area contributed by atoms with Crippen LogP contribution in [0.1, 0.15) is 22.3 Å². The quantitative estimate of drug-likeness (QED) is 0.178. The third-order valence-electron chi connectivity index (χ3n) is 12.1. The molecule has 1 aliphatic carbocycles. The molecule has 2 aromatic heterocycles. The largest absolute Gasteiger partial charge is 0.294 e. The molecule has 0 unspecified atom stereocenters. The van der Waals surface area contributed by atoms with Crippen molar-refractivity contribution in [1.29, 1.82) is 0 Å². The van der Waals surface area contributed by atoms with E-state index in [1.54, 1.807) is 0 Å². The van der Waals surface area contributed by atoms with Crippen molar-refractivity contribution in [2.45, 2.75) is 5.41 Å². The molecule has 2 aliphatic rings. The number of nitrogens with zero attached hydrogens (tertiary/aromatic N) is 2. The highest BCUT2D eigenvalue weighted by Crippen LogP contribution is 2.63. The number of thiophene rings is 1. The zero-order chi connectivity index (χ0) is 37.5. The van der Waals surface area contributed by atoms with E-state index in [0.29, 0.717) is 0 Å². The minimum atomic E-state index is -0.557. The summed E-state index contributed by atoms with van der Waals surface area (Å²) in [7, 11) is 0. The van der Waals surface area contributed by atoms with Gasteiger partial charge in [-0.2, -0.15) is 0 Å². The number of para-hydroxylation sites is 2. The van der Waals surface area contributed by atoms with Crippen LogP contribution in [0.25, 0.3) is 64.8 Å². The van der Waals surface area contributed by atoms with Crippen LogP contribution in [0.5, 0.6) is 0 Å². The lowest BCUT2D eigenvalue weighted by atomic mass is 9.64. The summed E-state index contributed by atoms with van der Waals surface area (Å²) in [5.41, 5.74) is 16.2. The van der Waals surface area contributed by atoms with Crippen LogP contribution in [0.15, 0.2) is 206 Å². The molecule has 3 heterocycles. The van der Waals surface area contributed by atoms with E-state index in [1.165, 1.54) is 64.7 Å². The number of fused-ring (bicyclic) bond motifs is 12. The Hall–Kier alpha value is -7.07. The summed E-state index contributed by atoms with van der Waals surface area (Å²) < 4.78 is 2.65. The van der Waals surface area contributed by atoms with E-state index in [2.05, 4.69) is 211 Å². The van der Waals surface area contributed by atoms with Crippen LogP contribution in [-0.2, 0) is 5.41 Å². The number of rotatable bonds is 4. The minimum absolute atomic E-state index is 0.557. The van der Waals surface area contributed by atoms with Crippen molar-refractivity contribution < 1.29 is 0 Å². The average Bonchev–Trinajstić information content (AvgIpc) is 3.81. The maximum Gasteiger partial charge on any atom is 0.138 e. The van der Waals surface area contributed by atoms with Crippen molar-refractivity contribution in [1.82, 2.24) is 4.98 Å². The molecular weight excluding hydrogens is 709 g/mol. The molecule has 0 N–H and O–H groups in total. The van der Waals surface area contributed by atoms with Gasteiger partial charge in [-0.3, -0.25) is 4.90 Å². The predicted octanol–water partition coefficient (Wildman–Crippen LogP) is 14.6. The Morgan fingerprint density at radius 3 is 1.75 bits per heavy atom. The zero-order valence-corrected chi connectivity index (χ0v) is 31.7. The molecule has 0 atom stereocenters. The smallest absolute Gasteiger partial charge is 0.138 e. The first-order chi connectivity index (χ1) is 28.3. The first-order valence-corrected chi connectivity index (χ1v) is 20.4. The van der Waals surface area contributed by atoms with Gasteiger partial charge >= 0.3 is 0 Å². The lowest BCUT2D eigenvalue weighted by molar-refractivity contribution is 0.751. The molecule has 3 heteroatoms. The summed E-state index contributed by atoms with van der Waals surface area (Å²) in [6.07, 6.45) is 0. The molecule has 0 radical (unpaired) electrons. The molecule has 1 spiro atoms. The van der Waals surface area contributed by atoms with Crippen molar-refractivity contribution in [3.05, 3.63) is 229 Å². The molecule has 0 amide bonds.